The molecule has 1 aromatic carbocycles. The second-order valence-electron chi connectivity index (χ2n) is 6.20. The van der Waals surface area contributed by atoms with Gasteiger partial charge in [0.25, 0.3) is 11.8 Å². The van der Waals surface area contributed by atoms with Gasteiger partial charge in [-0.15, -0.1) is 13.2 Å². The summed E-state index contributed by atoms with van der Waals surface area (Å²) in [7, 11) is 1.53. The van der Waals surface area contributed by atoms with E-state index in [0.29, 0.717) is 11.4 Å². The van der Waals surface area contributed by atoms with Crippen LogP contribution in [-0.2, 0) is 11.1 Å². The smallest absolute Gasteiger partial charge is 0.489 e. The molecule has 12 heteroatoms. The first kappa shape index (κ1) is 18.7. The summed E-state index contributed by atoms with van der Waals surface area (Å²) >= 11 is 0. The molecule has 1 aliphatic heterocycles. The molecule has 29 heavy (non-hydrogen) atoms. The number of hydrogen-bond donors (Lipinski definition) is 1. The van der Waals surface area contributed by atoms with Crippen molar-refractivity contribution in [3.63, 3.8) is 0 Å². The quantitative estimate of drug-likeness (QED) is 0.691. The minimum atomic E-state index is -4.80. The molecule has 3 aromatic rings. The van der Waals surface area contributed by atoms with Crippen LogP contribution in [0, 0.1) is 0 Å². The van der Waals surface area contributed by atoms with Crippen molar-refractivity contribution >= 4 is 28.5 Å². The molecule has 0 saturated heterocycles. The van der Waals surface area contributed by atoms with Gasteiger partial charge in [0.05, 0.1) is 17.3 Å². The Labute approximate surface area is 161 Å². The topological polar surface area (TPSA) is 102 Å². The number of alkyl halides is 3. The highest BCUT2D eigenvalue weighted by molar-refractivity contribution is 6.02. The highest BCUT2D eigenvalue weighted by Crippen LogP contribution is 2.30. The zero-order chi connectivity index (χ0) is 20.8. The Balaban J connectivity index is 1.59. The summed E-state index contributed by atoms with van der Waals surface area (Å²) in [6, 6.07) is 5.76. The van der Waals surface area contributed by atoms with Gasteiger partial charge in [0.15, 0.2) is 5.65 Å². The van der Waals surface area contributed by atoms with Crippen molar-refractivity contribution in [3.8, 4) is 5.75 Å². The van der Waals surface area contributed by atoms with E-state index in [-0.39, 0.29) is 16.7 Å². The van der Waals surface area contributed by atoms with Crippen molar-refractivity contribution in [1.29, 1.82) is 0 Å². The van der Waals surface area contributed by atoms with E-state index in [1.807, 2.05) is 0 Å². The van der Waals surface area contributed by atoms with E-state index in [9.17, 15) is 22.8 Å². The van der Waals surface area contributed by atoms with Crippen LogP contribution >= 0.6 is 0 Å². The van der Waals surface area contributed by atoms with Crippen LogP contribution in [0.1, 0.15) is 10.6 Å². The summed E-state index contributed by atoms with van der Waals surface area (Å²) in [6.45, 7) is -0.158. The van der Waals surface area contributed by atoms with Crippen LogP contribution in [0.5, 0.6) is 5.75 Å². The Morgan fingerprint density at radius 1 is 1.28 bits per heavy atom. The number of benzene rings is 1. The molecular weight excluding hydrogens is 393 g/mol. The zero-order valence-electron chi connectivity index (χ0n) is 14.8. The standard InChI is InChI=1S/C17H13F3N6O3/c1-25-11-4-2-3-5-12(11)29-8-10(16(25)28)23-15(27)13-21-6-9-7-22-26(14(9)24-13)17(18,19)20/h2-7,10H,8H2,1H3,(H,23,27)/t10-/m0/s1. The molecule has 0 aliphatic carbocycles. The number of likely N-dealkylation sites (N-methyl/N-ethyl adjacent to an activating group) is 1. The summed E-state index contributed by atoms with van der Waals surface area (Å²) < 4.78 is 44.3. The third kappa shape index (κ3) is 3.32. The lowest BCUT2D eigenvalue weighted by molar-refractivity contribution is -0.209. The molecule has 150 valence electrons. The predicted molar refractivity (Wildman–Crippen MR) is 93.2 cm³/mol. The molecule has 0 saturated carbocycles. The monoisotopic (exact) mass is 406 g/mol. The number of nitrogens with one attached hydrogen (secondary N) is 1. The van der Waals surface area contributed by atoms with Crippen molar-refractivity contribution in [2.45, 2.75) is 12.3 Å². The molecule has 0 radical (unpaired) electrons. The number of aromatic nitrogens is 4. The Bertz CT molecular complexity index is 1110. The van der Waals surface area contributed by atoms with E-state index in [2.05, 4.69) is 20.4 Å². The Hall–Kier alpha value is -3.70. The fraction of sp³-hybridized carbons (Fsp3) is 0.235. The highest BCUT2D eigenvalue weighted by Gasteiger charge is 2.35. The minimum Gasteiger partial charge on any atom is -0.489 e. The first-order valence-corrected chi connectivity index (χ1v) is 8.34. The van der Waals surface area contributed by atoms with E-state index in [4.69, 9.17) is 4.74 Å². The number of carbonyl (C=O) groups is 2. The number of nitrogens with zero attached hydrogens (tertiary/aromatic N) is 5. The molecular formula is C17H13F3N6O3. The van der Waals surface area contributed by atoms with Crippen LogP contribution in [0.2, 0.25) is 0 Å². The molecule has 4 rings (SSSR count). The van der Waals surface area contributed by atoms with E-state index in [1.54, 1.807) is 24.3 Å². The number of rotatable bonds is 2. The zero-order valence-corrected chi connectivity index (χ0v) is 14.8. The van der Waals surface area contributed by atoms with E-state index in [1.165, 1.54) is 11.9 Å². The molecule has 3 heterocycles. The SMILES string of the molecule is CN1C(=O)[C@@H](NC(=O)c2ncc3cnn(C(F)(F)F)c3n2)COc2ccccc21. The number of anilines is 1. The maximum Gasteiger partial charge on any atom is 0.506 e. The fourth-order valence-electron chi connectivity index (χ4n) is 2.89. The van der Waals surface area contributed by atoms with Crippen molar-refractivity contribution in [3.05, 3.63) is 42.5 Å². The van der Waals surface area contributed by atoms with E-state index < -0.39 is 35.6 Å². The van der Waals surface area contributed by atoms with E-state index in [0.717, 1.165) is 12.4 Å². The summed E-state index contributed by atoms with van der Waals surface area (Å²) in [5.41, 5.74) is -0.0355. The van der Waals surface area contributed by atoms with Gasteiger partial charge in [-0.25, -0.2) is 9.97 Å². The fourth-order valence-corrected chi connectivity index (χ4v) is 2.89. The molecule has 0 spiro atoms. The molecule has 1 atom stereocenters. The third-order valence-corrected chi connectivity index (χ3v) is 4.32. The molecule has 1 N–H and O–H groups in total. The second kappa shape index (κ2) is 6.72. The maximum absolute atomic E-state index is 13.0. The Morgan fingerprint density at radius 3 is 2.79 bits per heavy atom. The second-order valence-corrected chi connectivity index (χ2v) is 6.20. The van der Waals surface area contributed by atoms with Gasteiger partial charge < -0.3 is 15.0 Å². The van der Waals surface area contributed by atoms with Crippen LogP contribution in [-0.4, -0.2) is 51.3 Å². The molecule has 0 fully saturated rings. The normalized spacial score (nSPS) is 16.9. The third-order valence-electron chi connectivity index (χ3n) is 4.32. The van der Waals surface area contributed by atoms with Crippen LogP contribution in [0.3, 0.4) is 0 Å². The van der Waals surface area contributed by atoms with Gasteiger partial charge >= 0.3 is 6.30 Å². The summed E-state index contributed by atoms with van der Waals surface area (Å²) in [4.78, 5) is 33.9. The number of para-hydroxylation sites is 2. The van der Waals surface area contributed by atoms with Gasteiger partial charge in [-0.3, -0.25) is 9.59 Å². The molecule has 1 aliphatic rings. The van der Waals surface area contributed by atoms with Crippen molar-refractivity contribution < 1.29 is 27.5 Å². The van der Waals surface area contributed by atoms with Gasteiger partial charge in [0, 0.05) is 13.2 Å². The van der Waals surface area contributed by atoms with Crippen molar-refractivity contribution in [1.82, 2.24) is 25.1 Å². The van der Waals surface area contributed by atoms with Gasteiger partial charge in [-0.1, -0.05) is 12.1 Å². The van der Waals surface area contributed by atoms with Crippen molar-refractivity contribution in [2.24, 2.45) is 0 Å². The molecule has 2 aromatic heterocycles. The minimum absolute atomic E-state index is 0.0166. The van der Waals surface area contributed by atoms with Gasteiger partial charge in [0.2, 0.25) is 5.82 Å². The van der Waals surface area contributed by atoms with Crippen LogP contribution in [0.25, 0.3) is 11.0 Å². The number of carbonyl (C=O) groups excluding carboxylic acids is 2. The highest BCUT2D eigenvalue weighted by atomic mass is 19.4. The average molecular weight is 406 g/mol. The molecule has 0 unspecified atom stereocenters. The largest absolute Gasteiger partial charge is 0.506 e. The number of ether oxygens (including phenoxy) is 1. The van der Waals surface area contributed by atoms with Crippen LogP contribution < -0.4 is 15.0 Å². The van der Waals surface area contributed by atoms with E-state index >= 15 is 0 Å². The summed E-state index contributed by atoms with van der Waals surface area (Å²) in [5, 5.41) is 5.65. The maximum atomic E-state index is 13.0. The molecule has 2 amide bonds. The summed E-state index contributed by atoms with van der Waals surface area (Å²) in [6.07, 6.45) is -2.80. The lowest BCUT2D eigenvalue weighted by atomic mass is 10.2. The number of fused-ring (bicyclic) bond motifs is 2. The number of halogens is 3. The number of amides is 2. The first-order chi connectivity index (χ1) is 13.8. The van der Waals surface area contributed by atoms with Crippen LogP contribution in [0.4, 0.5) is 18.9 Å². The average Bonchev–Trinajstić information content (AvgIpc) is 3.09. The molecule has 9 nitrogen and oxygen atoms in total. The lowest BCUT2D eigenvalue weighted by Gasteiger charge is -2.20. The predicted octanol–water partition coefficient (Wildman–Crippen LogP) is 1.46. The molecule has 0 bridgehead atoms. The van der Waals surface area contributed by atoms with Gasteiger partial charge in [-0.05, 0) is 12.1 Å². The van der Waals surface area contributed by atoms with Gasteiger partial charge in [-0.2, -0.15) is 9.78 Å². The number of hydrogen-bond acceptors (Lipinski definition) is 6. The van der Waals surface area contributed by atoms with Crippen molar-refractivity contribution in [2.75, 3.05) is 18.6 Å². The Morgan fingerprint density at radius 2 is 2.03 bits per heavy atom. The first-order valence-electron chi connectivity index (χ1n) is 8.34. The summed E-state index contributed by atoms with van der Waals surface area (Å²) in [5.74, 6) is -1.43. The Kier molecular flexibility index (Phi) is 4.32. The van der Waals surface area contributed by atoms with Gasteiger partial charge in [0.1, 0.15) is 18.4 Å². The lowest BCUT2D eigenvalue weighted by Crippen LogP contribution is -2.49. The van der Waals surface area contributed by atoms with Crippen LogP contribution in [0.15, 0.2) is 36.7 Å².